The number of benzene rings is 2. The molecule has 0 aliphatic rings. The molecule has 0 saturated heterocycles. The summed E-state index contributed by atoms with van der Waals surface area (Å²) in [6, 6.07) is 18.3. The number of hydrogen-bond donors (Lipinski definition) is 0. The van der Waals surface area contributed by atoms with Gasteiger partial charge in [0.2, 0.25) is 0 Å². The minimum Gasteiger partial charge on any atom is -0.461 e. The monoisotopic (exact) mass is 363 g/mol. The number of esters is 1. The molecule has 0 spiro atoms. The Labute approximate surface area is 154 Å². The Morgan fingerprint density at radius 1 is 1.12 bits per heavy atom. The predicted molar refractivity (Wildman–Crippen MR) is 102 cm³/mol. The highest BCUT2D eigenvalue weighted by atomic mass is 32.1. The van der Waals surface area contributed by atoms with E-state index in [-0.39, 0.29) is 0 Å². The van der Waals surface area contributed by atoms with Crippen LogP contribution in [0, 0.1) is 0 Å². The van der Waals surface area contributed by atoms with Gasteiger partial charge in [0.25, 0.3) is 0 Å². The van der Waals surface area contributed by atoms with Crippen LogP contribution in [-0.4, -0.2) is 27.3 Å². The second-order valence-electron chi connectivity index (χ2n) is 5.77. The molecule has 5 nitrogen and oxygen atoms in total. The largest absolute Gasteiger partial charge is 0.461 e. The molecule has 0 bridgehead atoms. The van der Waals surface area contributed by atoms with Crippen LogP contribution < -0.4 is 0 Å². The smallest absolute Gasteiger partial charge is 0.357 e. The van der Waals surface area contributed by atoms with Crippen LogP contribution in [0.25, 0.3) is 21.6 Å². The van der Waals surface area contributed by atoms with E-state index in [1.54, 1.807) is 12.3 Å². The summed E-state index contributed by atoms with van der Waals surface area (Å²) >= 11 is 1.40. The molecule has 26 heavy (non-hydrogen) atoms. The van der Waals surface area contributed by atoms with Gasteiger partial charge in [-0.2, -0.15) is 5.10 Å². The third-order valence-corrected chi connectivity index (χ3v) is 4.87. The molecule has 4 aromatic rings. The number of para-hydroxylation sites is 1. The number of carbonyl (C=O) groups is 1. The van der Waals surface area contributed by atoms with Crippen LogP contribution in [0.1, 0.15) is 23.0 Å². The fourth-order valence-electron chi connectivity index (χ4n) is 2.84. The lowest BCUT2D eigenvalue weighted by atomic mass is 10.2. The van der Waals surface area contributed by atoms with Gasteiger partial charge in [-0.05, 0) is 18.6 Å². The Kier molecular flexibility index (Phi) is 4.50. The molecule has 2 aromatic heterocycles. The normalized spacial score (nSPS) is 11.0. The number of nitrogens with zero attached hydrogens (tertiary/aromatic N) is 3. The van der Waals surface area contributed by atoms with E-state index in [1.165, 1.54) is 16.9 Å². The lowest BCUT2D eigenvalue weighted by Gasteiger charge is -2.03. The van der Waals surface area contributed by atoms with E-state index in [2.05, 4.69) is 23.2 Å². The van der Waals surface area contributed by atoms with Crippen LogP contribution >= 0.6 is 11.3 Å². The van der Waals surface area contributed by atoms with Crippen molar-refractivity contribution in [3.63, 3.8) is 0 Å². The van der Waals surface area contributed by atoms with Crippen molar-refractivity contribution in [3.05, 3.63) is 71.2 Å². The second-order valence-corrected chi connectivity index (χ2v) is 6.63. The minimum atomic E-state index is -0.400. The fourth-order valence-corrected chi connectivity index (χ4v) is 3.63. The van der Waals surface area contributed by atoms with Gasteiger partial charge in [-0.15, -0.1) is 11.3 Å². The van der Waals surface area contributed by atoms with E-state index < -0.39 is 5.97 Å². The summed E-state index contributed by atoms with van der Waals surface area (Å²) in [7, 11) is 0. The van der Waals surface area contributed by atoms with E-state index in [1.807, 2.05) is 41.1 Å². The molecular formula is C20H17N3O2S. The molecule has 2 heterocycles. The second kappa shape index (κ2) is 7.09. The molecule has 0 aliphatic heterocycles. The lowest BCUT2D eigenvalue weighted by Crippen LogP contribution is -2.04. The van der Waals surface area contributed by atoms with Gasteiger partial charge < -0.3 is 4.74 Å². The first-order valence-electron chi connectivity index (χ1n) is 8.38. The van der Waals surface area contributed by atoms with Crippen LogP contribution in [0.15, 0.2) is 60.0 Å². The number of aromatic nitrogens is 3. The SMILES string of the molecule is CCOC(=O)c1csc(-c2nn(Cc3ccccc3)c3ccccc23)n1. The third-order valence-electron chi connectivity index (χ3n) is 4.02. The van der Waals surface area contributed by atoms with Gasteiger partial charge in [0, 0.05) is 10.8 Å². The van der Waals surface area contributed by atoms with Crippen LogP contribution in [-0.2, 0) is 11.3 Å². The highest BCUT2D eigenvalue weighted by molar-refractivity contribution is 7.13. The Balaban J connectivity index is 1.75. The van der Waals surface area contributed by atoms with Crippen molar-refractivity contribution < 1.29 is 9.53 Å². The highest BCUT2D eigenvalue weighted by Crippen LogP contribution is 2.30. The first-order chi connectivity index (χ1) is 12.8. The number of carbonyl (C=O) groups excluding carboxylic acids is 1. The Morgan fingerprint density at radius 3 is 2.69 bits per heavy atom. The van der Waals surface area contributed by atoms with Gasteiger partial charge >= 0.3 is 5.97 Å². The molecule has 130 valence electrons. The molecule has 0 saturated carbocycles. The first-order valence-corrected chi connectivity index (χ1v) is 9.26. The molecule has 0 fully saturated rings. The van der Waals surface area contributed by atoms with Crippen LogP contribution in [0.3, 0.4) is 0 Å². The summed E-state index contributed by atoms with van der Waals surface area (Å²) in [5, 5.41) is 8.25. The van der Waals surface area contributed by atoms with Crippen LogP contribution in [0.5, 0.6) is 0 Å². The molecule has 0 N–H and O–H groups in total. The van der Waals surface area contributed by atoms with E-state index in [9.17, 15) is 4.79 Å². The number of ether oxygens (including phenoxy) is 1. The molecule has 2 aromatic carbocycles. The number of fused-ring (bicyclic) bond motifs is 1. The Bertz CT molecular complexity index is 1050. The van der Waals surface area contributed by atoms with Crippen molar-refractivity contribution in [2.45, 2.75) is 13.5 Å². The van der Waals surface area contributed by atoms with Crippen molar-refractivity contribution in [2.75, 3.05) is 6.61 Å². The van der Waals surface area contributed by atoms with E-state index >= 15 is 0 Å². The Hall–Kier alpha value is -2.99. The average Bonchev–Trinajstić information content (AvgIpc) is 3.28. The van der Waals surface area contributed by atoms with Crippen LogP contribution in [0.4, 0.5) is 0 Å². The van der Waals surface area contributed by atoms with E-state index in [0.29, 0.717) is 18.8 Å². The third kappa shape index (κ3) is 3.11. The van der Waals surface area contributed by atoms with Crippen molar-refractivity contribution in [1.82, 2.24) is 14.8 Å². The van der Waals surface area contributed by atoms with Gasteiger partial charge in [0.1, 0.15) is 10.7 Å². The maximum absolute atomic E-state index is 11.9. The molecule has 0 atom stereocenters. The molecule has 0 unspecified atom stereocenters. The average molecular weight is 363 g/mol. The Morgan fingerprint density at radius 2 is 1.88 bits per heavy atom. The maximum Gasteiger partial charge on any atom is 0.357 e. The van der Waals surface area contributed by atoms with E-state index in [0.717, 1.165) is 21.6 Å². The number of rotatable bonds is 5. The first kappa shape index (κ1) is 16.5. The quantitative estimate of drug-likeness (QED) is 0.494. The summed E-state index contributed by atoms with van der Waals surface area (Å²) < 4.78 is 7.01. The van der Waals surface area contributed by atoms with E-state index in [4.69, 9.17) is 9.84 Å². The van der Waals surface area contributed by atoms with Crippen LogP contribution in [0.2, 0.25) is 0 Å². The fraction of sp³-hybridized carbons (Fsp3) is 0.150. The zero-order valence-electron chi connectivity index (χ0n) is 14.3. The highest BCUT2D eigenvalue weighted by Gasteiger charge is 2.18. The van der Waals surface area contributed by atoms with Gasteiger partial charge in [0.05, 0.1) is 18.7 Å². The van der Waals surface area contributed by atoms with Crippen molar-refractivity contribution in [3.8, 4) is 10.7 Å². The lowest BCUT2D eigenvalue weighted by molar-refractivity contribution is 0.0520. The van der Waals surface area contributed by atoms with Crippen molar-refractivity contribution in [1.29, 1.82) is 0 Å². The van der Waals surface area contributed by atoms with Crippen molar-refractivity contribution >= 4 is 28.2 Å². The number of thiazole rings is 1. The van der Waals surface area contributed by atoms with Gasteiger partial charge in [-0.3, -0.25) is 4.68 Å². The zero-order valence-corrected chi connectivity index (χ0v) is 15.1. The molecule has 0 radical (unpaired) electrons. The minimum absolute atomic E-state index is 0.327. The maximum atomic E-state index is 11.9. The van der Waals surface area contributed by atoms with Gasteiger partial charge in [0.15, 0.2) is 5.69 Å². The molecule has 4 rings (SSSR count). The standard InChI is InChI=1S/C20H17N3O2S/c1-2-25-20(24)16-13-26-19(21-16)18-15-10-6-7-11-17(15)23(22-18)12-14-8-4-3-5-9-14/h3-11,13H,2,12H2,1H3. The van der Waals surface area contributed by atoms with Crippen molar-refractivity contribution in [2.24, 2.45) is 0 Å². The predicted octanol–water partition coefficient (Wildman–Crippen LogP) is 4.38. The summed E-state index contributed by atoms with van der Waals surface area (Å²) in [4.78, 5) is 16.3. The zero-order chi connectivity index (χ0) is 17.9. The topological polar surface area (TPSA) is 57.0 Å². The summed E-state index contributed by atoms with van der Waals surface area (Å²) in [5.74, 6) is -0.400. The molecule has 6 heteroatoms. The number of hydrogen-bond acceptors (Lipinski definition) is 5. The summed E-state index contributed by atoms with van der Waals surface area (Å²) in [6.45, 7) is 2.79. The summed E-state index contributed by atoms with van der Waals surface area (Å²) in [6.07, 6.45) is 0. The molecular weight excluding hydrogens is 346 g/mol. The van der Waals surface area contributed by atoms with Gasteiger partial charge in [-0.1, -0.05) is 48.5 Å². The summed E-state index contributed by atoms with van der Waals surface area (Å²) in [5.41, 5.74) is 3.34. The molecule has 0 aliphatic carbocycles. The van der Waals surface area contributed by atoms with Gasteiger partial charge in [-0.25, -0.2) is 9.78 Å². The molecule has 0 amide bonds.